The van der Waals surface area contributed by atoms with E-state index >= 15 is 0 Å². The lowest BCUT2D eigenvalue weighted by molar-refractivity contribution is 0.0344. The lowest BCUT2D eigenvalue weighted by Gasteiger charge is -2.38. The maximum atomic E-state index is 5.71. The first kappa shape index (κ1) is 16.3. The van der Waals surface area contributed by atoms with E-state index in [9.17, 15) is 0 Å². The van der Waals surface area contributed by atoms with Gasteiger partial charge in [-0.1, -0.05) is 26.0 Å². The molecular formula is C18H30N2O. The van der Waals surface area contributed by atoms with E-state index in [1.165, 1.54) is 17.7 Å². The fraction of sp³-hybridized carbons (Fsp3) is 0.667. The maximum absolute atomic E-state index is 5.71. The second-order valence-electron chi connectivity index (χ2n) is 6.15. The summed E-state index contributed by atoms with van der Waals surface area (Å²) in [5, 5.41) is 3.62. The summed E-state index contributed by atoms with van der Waals surface area (Å²) in [4.78, 5) is 2.46. The Hall–Kier alpha value is -1.06. The highest BCUT2D eigenvalue weighted by Crippen LogP contribution is 2.25. The van der Waals surface area contributed by atoms with Crippen LogP contribution in [0.15, 0.2) is 24.3 Å². The standard InChI is InChI=1S/C18H30N2O/c1-5-11-19-18(6-2)16-7-9-17(10-8-16)20-12-15(4)21-13-14(20)3/h7-10,14-15,18-19H,5-6,11-13H2,1-4H3. The molecule has 0 radical (unpaired) electrons. The zero-order valence-corrected chi connectivity index (χ0v) is 13.9. The first-order valence-corrected chi connectivity index (χ1v) is 8.37. The molecule has 3 atom stereocenters. The molecule has 0 saturated carbocycles. The largest absolute Gasteiger partial charge is 0.375 e. The fourth-order valence-electron chi connectivity index (χ4n) is 2.98. The van der Waals surface area contributed by atoms with Crippen molar-refractivity contribution < 1.29 is 4.74 Å². The van der Waals surface area contributed by atoms with Crippen LogP contribution in [0.2, 0.25) is 0 Å². The molecule has 1 saturated heterocycles. The average molecular weight is 290 g/mol. The van der Waals surface area contributed by atoms with E-state index in [1.807, 2.05) is 0 Å². The monoisotopic (exact) mass is 290 g/mol. The lowest BCUT2D eigenvalue weighted by atomic mass is 10.0. The number of hydrogen-bond donors (Lipinski definition) is 1. The molecule has 21 heavy (non-hydrogen) atoms. The number of benzene rings is 1. The second-order valence-corrected chi connectivity index (χ2v) is 6.15. The molecule has 3 heteroatoms. The van der Waals surface area contributed by atoms with Crippen LogP contribution < -0.4 is 10.2 Å². The zero-order chi connectivity index (χ0) is 15.2. The molecule has 1 aliphatic heterocycles. The molecule has 1 N–H and O–H groups in total. The summed E-state index contributed by atoms with van der Waals surface area (Å²) in [5.41, 5.74) is 2.70. The third-order valence-electron chi connectivity index (χ3n) is 4.28. The van der Waals surface area contributed by atoms with Gasteiger partial charge in [-0.2, -0.15) is 0 Å². The van der Waals surface area contributed by atoms with Gasteiger partial charge in [0.25, 0.3) is 0 Å². The van der Waals surface area contributed by atoms with Gasteiger partial charge in [-0.15, -0.1) is 0 Å². The molecule has 1 fully saturated rings. The van der Waals surface area contributed by atoms with Gasteiger partial charge < -0.3 is 15.0 Å². The molecule has 0 aliphatic carbocycles. The van der Waals surface area contributed by atoms with Crippen LogP contribution in [0, 0.1) is 0 Å². The highest BCUT2D eigenvalue weighted by atomic mass is 16.5. The molecule has 3 nitrogen and oxygen atoms in total. The SMILES string of the molecule is CCCNC(CC)c1ccc(N2CC(C)OCC2C)cc1. The van der Waals surface area contributed by atoms with E-state index in [2.05, 4.69) is 62.2 Å². The summed E-state index contributed by atoms with van der Waals surface area (Å²) < 4.78 is 5.71. The normalized spacial score (nSPS) is 24.1. The molecule has 0 spiro atoms. The van der Waals surface area contributed by atoms with E-state index in [0.29, 0.717) is 18.2 Å². The number of hydrogen-bond acceptors (Lipinski definition) is 3. The Balaban J connectivity index is 2.06. The Bertz CT molecular complexity index is 418. The molecule has 1 aromatic carbocycles. The van der Waals surface area contributed by atoms with Crippen LogP contribution in [0.25, 0.3) is 0 Å². The van der Waals surface area contributed by atoms with Crippen molar-refractivity contribution >= 4 is 5.69 Å². The Morgan fingerprint density at radius 2 is 1.95 bits per heavy atom. The Morgan fingerprint density at radius 1 is 1.24 bits per heavy atom. The van der Waals surface area contributed by atoms with Crippen LogP contribution in [0.1, 0.15) is 52.1 Å². The van der Waals surface area contributed by atoms with Crippen molar-refractivity contribution in [3.05, 3.63) is 29.8 Å². The third-order valence-corrected chi connectivity index (χ3v) is 4.28. The number of rotatable bonds is 6. The molecule has 0 aromatic heterocycles. The van der Waals surface area contributed by atoms with Crippen LogP contribution in [-0.2, 0) is 4.74 Å². The van der Waals surface area contributed by atoms with Crippen molar-refractivity contribution in [1.82, 2.24) is 5.32 Å². The summed E-state index contributed by atoms with van der Waals surface area (Å²) in [6.45, 7) is 11.7. The molecular weight excluding hydrogens is 260 g/mol. The average Bonchev–Trinajstić information content (AvgIpc) is 2.51. The quantitative estimate of drug-likeness (QED) is 0.863. The van der Waals surface area contributed by atoms with Gasteiger partial charge >= 0.3 is 0 Å². The van der Waals surface area contributed by atoms with E-state index < -0.39 is 0 Å². The Labute approximate surface area is 129 Å². The van der Waals surface area contributed by atoms with Crippen LogP contribution >= 0.6 is 0 Å². The predicted octanol–water partition coefficient (Wildman–Crippen LogP) is 3.75. The van der Waals surface area contributed by atoms with Gasteiger partial charge in [0.2, 0.25) is 0 Å². The van der Waals surface area contributed by atoms with Crippen molar-refractivity contribution in [3.63, 3.8) is 0 Å². The number of morpholine rings is 1. The van der Waals surface area contributed by atoms with Crippen molar-refractivity contribution in [3.8, 4) is 0 Å². The molecule has 0 amide bonds. The van der Waals surface area contributed by atoms with Gasteiger partial charge in [-0.3, -0.25) is 0 Å². The predicted molar refractivity (Wildman–Crippen MR) is 90.0 cm³/mol. The summed E-state index contributed by atoms with van der Waals surface area (Å²) in [6, 6.07) is 10.0. The van der Waals surface area contributed by atoms with Gasteiger partial charge in [0, 0.05) is 24.3 Å². The lowest BCUT2D eigenvalue weighted by Crippen LogP contribution is -2.47. The Kier molecular flexibility index (Phi) is 6.07. The second kappa shape index (κ2) is 7.81. The molecule has 2 rings (SSSR count). The smallest absolute Gasteiger partial charge is 0.0723 e. The minimum atomic E-state index is 0.315. The highest BCUT2D eigenvalue weighted by molar-refractivity contribution is 5.49. The molecule has 118 valence electrons. The van der Waals surface area contributed by atoms with Crippen molar-refractivity contribution in [2.45, 2.75) is 58.7 Å². The van der Waals surface area contributed by atoms with Gasteiger partial charge in [0.1, 0.15) is 0 Å². The summed E-state index contributed by atoms with van der Waals surface area (Å²) in [5.74, 6) is 0. The van der Waals surface area contributed by atoms with E-state index in [1.54, 1.807) is 0 Å². The van der Waals surface area contributed by atoms with E-state index in [4.69, 9.17) is 4.74 Å². The minimum absolute atomic E-state index is 0.315. The number of nitrogens with zero attached hydrogens (tertiary/aromatic N) is 1. The maximum Gasteiger partial charge on any atom is 0.0723 e. The van der Waals surface area contributed by atoms with Crippen molar-refractivity contribution in [2.75, 3.05) is 24.6 Å². The summed E-state index contributed by atoms with van der Waals surface area (Å²) >= 11 is 0. The molecule has 3 unspecified atom stereocenters. The summed E-state index contributed by atoms with van der Waals surface area (Å²) in [7, 11) is 0. The third kappa shape index (κ3) is 4.21. The Morgan fingerprint density at radius 3 is 2.57 bits per heavy atom. The van der Waals surface area contributed by atoms with E-state index in [0.717, 1.165) is 26.1 Å². The van der Waals surface area contributed by atoms with Crippen LogP contribution in [0.5, 0.6) is 0 Å². The number of nitrogens with one attached hydrogen (secondary N) is 1. The van der Waals surface area contributed by atoms with Gasteiger partial charge in [0.15, 0.2) is 0 Å². The van der Waals surface area contributed by atoms with Gasteiger partial charge in [-0.25, -0.2) is 0 Å². The van der Waals surface area contributed by atoms with Gasteiger partial charge in [0.05, 0.1) is 12.7 Å². The van der Waals surface area contributed by atoms with Crippen LogP contribution in [0.4, 0.5) is 5.69 Å². The first-order valence-electron chi connectivity index (χ1n) is 8.37. The topological polar surface area (TPSA) is 24.5 Å². The van der Waals surface area contributed by atoms with Crippen molar-refractivity contribution in [1.29, 1.82) is 0 Å². The zero-order valence-electron chi connectivity index (χ0n) is 13.9. The van der Waals surface area contributed by atoms with Crippen LogP contribution in [-0.4, -0.2) is 31.8 Å². The summed E-state index contributed by atoms with van der Waals surface area (Å²) in [6.07, 6.45) is 2.62. The number of ether oxygens (including phenoxy) is 1. The molecule has 1 aromatic rings. The van der Waals surface area contributed by atoms with E-state index in [-0.39, 0.29) is 0 Å². The van der Waals surface area contributed by atoms with Crippen molar-refractivity contribution in [2.24, 2.45) is 0 Å². The number of anilines is 1. The minimum Gasteiger partial charge on any atom is -0.375 e. The molecule has 0 bridgehead atoms. The molecule has 1 aliphatic rings. The first-order chi connectivity index (χ1) is 10.2. The highest BCUT2D eigenvalue weighted by Gasteiger charge is 2.23. The van der Waals surface area contributed by atoms with Gasteiger partial charge in [-0.05, 0) is 50.9 Å². The fourth-order valence-corrected chi connectivity index (χ4v) is 2.98. The van der Waals surface area contributed by atoms with Crippen LogP contribution in [0.3, 0.4) is 0 Å². The molecule has 1 heterocycles.